The minimum atomic E-state index is -0.421. The maximum atomic E-state index is 13.8. The van der Waals surface area contributed by atoms with Crippen LogP contribution >= 0.6 is 0 Å². The van der Waals surface area contributed by atoms with Crippen LogP contribution in [0.5, 0.6) is 5.75 Å². The zero-order chi connectivity index (χ0) is 18.5. The molecule has 0 unspecified atom stereocenters. The molecule has 0 fully saturated rings. The van der Waals surface area contributed by atoms with Gasteiger partial charge in [0.2, 0.25) is 17.6 Å². The van der Waals surface area contributed by atoms with Crippen LogP contribution in [-0.4, -0.2) is 30.2 Å². The molecule has 1 amide bonds. The highest BCUT2D eigenvalue weighted by atomic mass is 19.1. The Hall–Kier alpha value is -3.22. The van der Waals surface area contributed by atoms with Crippen LogP contribution in [0.25, 0.3) is 11.4 Å². The molecule has 0 atom stereocenters. The Balaban J connectivity index is 1.61. The highest BCUT2D eigenvalue weighted by Gasteiger charge is 2.16. The molecule has 7 heteroatoms. The number of rotatable bonds is 6. The lowest BCUT2D eigenvalue weighted by Gasteiger charge is -2.17. The van der Waals surface area contributed by atoms with E-state index in [0.717, 1.165) is 11.4 Å². The van der Waals surface area contributed by atoms with Crippen LogP contribution in [0.4, 0.5) is 10.1 Å². The van der Waals surface area contributed by atoms with Crippen LogP contribution in [0, 0.1) is 5.82 Å². The van der Waals surface area contributed by atoms with Crippen LogP contribution in [-0.2, 0) is 11.2 Å². The third-order valence-electron chi connectivity index (χ3n) is 3.97. The maximum Gasteiger partial charge on any atom is 0.227 e. The predicted molar refractivity (Wildman–Crippen MR) is 94.4 cm³/mol. The fourth-order valence-corrected chi connectivity index (χ4v) is 2.44. The van der Waals surface area contributed by atoms with Crippen molar-refractivity contribution in [2.24, 2.45) is 0 Å². The highest BCUT2D eigenvalue weighted by molar-refractivity contribution is 5.92. The van der Waals surface area contributed by atoms with Crippen LogP contribution < -0.4 is 9.64 Å². The Morgan fingerprint density at radius 2 is 1.92 bits per heavy atom. The van der Waals surface area contributed by atoms with E-state index < -0.39 is 5.82 Å². The molecule has 1 heterocycles. The normalized spacial score (nSPS) is 10.6. The van der Waals surface area contributed by atoms with E-state index in [2.05, 4.69) is 10.1 Å². The molecule has 0 aliphatic rings. The molecule has 0 N–H and O–H groups in total. The number of benzene rings is 2. The Labute approximate surface area is 150 Å². The summed E-state index contributed by atoms with van der Waals surface area (Å²) in [6.07, 6.45) is 0.474. The average Bonchev–Trinajstić information content (AvgIpc) is 3.14. The topological polar surface area (TPSA) is 68.5 Å². The minimum Gasteiger partial charge on any atom is -0.497 e. The van der Waals surface area contributed by atoms with Crippen molar-refractivity contribution in [1.29, 1.82) is 0 Å². The second-order valence-electron chi connectivity index (χ2n) is 5.64. The number of halogens is 1. The number of hydrogen-bond acceptors (Lipinski definition) is 5. The van der Waals surface area contributed by atoms with E-state index in [0.29, 0.717) is 5.89 Å². The van der Waals surface area contributed by atoms with Crippen LogP contribution in [0.3, 0.4) is 0 Å². The summed E-state index contributed by atoms with van der Waals surface area (Å²) < 4.78 is 24.0. The van der Waals surface area contributed by atoms with Crippen molar-refractivity contribution in [2.75, 3.05) is 19.1 Å². The van der Waals surface area contributed by atoms with E-state index in [1.807, 2.05) is 0 Å². The molecule has 0 aliphatic heterocycles. The maximum absolute atomic E-state index is 13.8. The average molecular weight is 355 g/mol. The SMILES string of the molecule is COc1ccc(N(C)C(=O)CCc2nc(-c3ccccc3F)no2)cc1. The van der Waals surface area contributed by atoms with Gasteiger partial charge in [-0.05, 0) is 36.4 Å². The molecule has 0 saturated heterocycles. The van der Waals surface area contributed by atoms with Gasteiger partial charge in [0.25, 0.3) is 0 Å². The summed E-state index contributed by atoms with van der Waals surface area (Å²) in [4.78, 5) is 18.1. The van der Waals surface area contributed by atoms with Crippen molar-refractivity contribution in [3.8, 4) is 17.1 Å². The summed E-state index contributed by atoms with van der Waals surface area (Å²) in [5, 5.41) is 3.78. The molecule has 0 spiro atoms. The summed E-state index contributed by atoms with van der Waals surface area (Å²) >= 11 is 0. The third kappa shape index (κ3) is 3.88. The molecule has 26 heavy (non-hydrogen) atoms. The minimum absolute atomic E-state index is 0.0965. The second kappa shape index (κ2) is 7.77. The van der Waals surface area contributed by atoms with Crippen molar-refractivity contribution in [1.82, 2.24) is 10.1 Å². The first-order chi connectivity index (χ1) is 12.6. The summed E-state index contributed by atoms with van der Waals surface area (Å²) in [5.41, 5.74) is 1.03. The Kier molecular flexibility index (Phi) is 5.26. The van der Waals surface area contributed by atoms with E-state index in [9.17, 15) is 9.18 Å². The quantitative estimate of drug-likeness (QED) is 0.677. The number of methoxy groups -OCH3 is 1. The number of hydrogen-bond donors (Lipinski definition) is 0. The van der Waals surface area contributed by atoms with Gasteiger partial charge in [-0.3, -0.25) is 4.79 Å². The van der Waals surface area contributed by atoms with Gasteiger partial charge in [-0.25, -0.2) is 4.39 Å². The van der Waals surface area contributed by atoms with Gasteiger partial charge in [-0.15, -0.1) is 0 Å². The number of carbonyl (C=O) groups excluding carboxylic acids is 1. The molecule has 0 bridgehead atoms. The van der Waals surface area contributed by atoms with Crippen molar-refractivity contribution in [3.05, 3.63) is 60.2 Å². The fraction of sp³-hybridized carbons (Fsp3) is 0.211. The van der Waals surface area contributed by atoms with Crippen LogP contribution in [0.15, 0.2) is 53.1 Å². The van der Waals surface area contributed by atoms with Gasteiger partial charge in [0.1, 0.15) is 11.6 Å². The molecule has 6 nitrogen and oxygen atoms in total. The number of anilines is 1. The smallest absolute Gasteiger partial charge is 0.227 e. The Morgan fingerprint density at radius 1 is 1.19 bits per heavy atom. The number of aryl methyl sites for hydroxylation is 1. The molecule has 0 radical (unpaired) electrons. The summed E-state index contributed by atoms with van der Waals surface area (Å²) in [6, 6.07) is 13.4. The number of aromatic nitrogens is 2. The van der Waals surface area contributed by atoms with Crippen molar-refractivity contribution in [3.63, 3.8) is 0 Å². The van der Waals surface area contributed by atoms with Crippen LogP contribution in [0.2, 0.25) is 0 Å². The number of ether oxygens (including phenoxy) is 1. The van der Waals surface area contributed by atoms with Crippen molar-refractivity contribution in [2.45, 2.75) is 12.8 Å². The van der Waals surface area contributed by atoms with Gasteiger partial charge >= 0.3 is 0 Å². The molecule has 134 valence electrons. The number of amides is 1. The summed E-state index contributed by atoms with van der Waals surface area (Å²) in [6.45, 7) is 0. The lowest BCUT2D eigenvalue weighted by Crippen LogP contribution is -2.26. The van der Waals surface area contributed by atoms with E-state index in [4.69, 9.17) is 9.26 Å². The van der Waals surface area contributed by atoms with Gasteiger partial charge in [0.05, 0.1) is 12.7 Å². The third-order valence-corrected chi connectivity index (χ3v) is 3.97. The first-order valence-electron chi connectivity index (χ1n) is 8.06. The predicted octanol–water partition coefficient (Wildman–Crippen LogP) is 3.48. The van der Waals surface area contributed by atoms with Gasteiger partial charge in [0.15, 0.2) is 0 Å². The second-order valence-corrected chi connectivity index (χ2v) is 5.64. The summed E-state index contributed by atoms with van der Waals surface area (Å²) in [5.74, 6) is 0.672. The lowest BCUT2D eigenvalue weighted by molar-refractivity contribution is -0.118. The highest BCUT2D eigenvalue weighted by Crippen LogP contribution is 2.21. The van der Waals surface area contributed by atoms with Gasteiger partial charge in [0, 0.05) is 25.6 Å². The summed E-state index contributed by atoms with van der Waals surface area (Å²) in [7, 11) is 3.28. The molecular weight excluding hydrogens is 337 g/mol. The van der Waals surface area contributed by atoms with Crippen molar-refractivity contribution >= 4 is 11.6 Å². The molecule has 1 aromatic heterocycles. The van der Waals surface area contributed by atoms with Crippen LogP contribution in [0.1, 0.15) is 12.3 Å². The zero-order valence-electron chi connectivity index (χ0n) is 14.5. The van der Waals surface area contributed by atoms with Gasteiger partial charge in [-0.1, -0.05) is 17.3 Å². The number of nitrogens with zero attached hydrogens (tertiary/aromatic N) is 3. The molecule has 3 aromatic rings. The zero-order valence-corrected chi connectivity index (χ0v) is 14.5. The standard InChI is InChI=1S/C19H18FN3O3/c1-23(13-7-9-14(25-2)10-8-13)18(24)12-11-17-21-19(22-26-17)15-5-3-4-6-16(15)20/h3-10H,11-12H2,1-2H3. The largest absolute Gasteiger partial charge is 0.497 e. The lowest BCUT2D eigenvalue weighted by atomic mass is 10.2. The molecule has 0 saturated carbocycles. The fourth-order valence-electron chi connectivity index (χ4n) is 2.44. The number of carbonyl (C=O) groups is 1. The van der Waals surface area contributed by atoms with E-state index in [-0.39, 0.29) is 30.1 Å². The Bertz CT molecular complexity index is 893. The molecule has 3 rings (SSSR count). The van der Waals surface area contributed by atoms with Gasteiger partial charge in [-0.2, -0.15) is 4.98 Å². The first-order valence-corrected chi connectivity index (χ1v) is 8.06. The molecule has 0 aliphatic carbocycles. The van der Waals surface area contributed by atoms with Gasteiger partial charge < -0.3 is 14.2 Å². The van der Waals surface area contributed by atoms with Crippen molar-refractivity contribution < 1.29 is 18.4 Å². The van der Waals surface area contributed by atoms with E-state index in [1.54, 1.807) is 61.5 Å². The monoisotopic (exact) mass is 355 g/mol. The Morgan fingerprint density at radius 3 is 2.62 bits per heavy atom. The molecule has 2 aromatic carbocycles. The van der Waals surface area contributed by atoms with E-state index >= 15 is 0 Å². The molecular formula is C19H18FN3O3. The first kappa shape index (κ1) is 17.6. The van der Waals surface area contributed by atoms with E-state index in [1.165, 1.54) is 6.07 Å².